The third kappa shape index (κ3) is 3.73. The van der Waals surface area contributed by atoms with Crippen LogP contribution < -0.4 is 0 Å². The first-order valence-corrected chi connectivity index (χ1v) is 5.39. The van der Waals surface area contributed by atoms with Gasteiger partial charge in [0.05, 0.1) is 0 Å². The average Bonchev–Trinajstić information content (AvgIpc) is 2.11. The van der Waals surface area contributed by atoms with Crippen LogP contribution in [-0.2, 0) is 0 Å². The summed E-state index contributed by atoms with van der Waals surface area (Å²) in [4.78, 5) is 0. The maximum atomic E-state index is 5.80. The summed E-state index contributed by atoms with van der Waals surface area (Å²) in [6.45, 7) is 18.9. The minimum absolute atomic E-state index is 0.119. The van der Waals surface area contributed by atoms with Crippen molar-refractivity contribution < 1.29 is 0 Å². The molecule has 0 heterocycles. The van der Waals surface area contributed by atoms with Crippen molar-refractivity contribution in [1.82, 2.24) is 0 Å². The van der Waals surface area contributed by atoms with Crippen molar-refractivity contribution in [3.05, 3.63) is 34.3 Å². The molecular formula is C14H23B. The van der Waals surface area contributed by atoms with E-state index in [1.54, 1.807) is 0 Å². The van der Waals surface area contributed by atoms with E-state index in [0.717, 1.165) is 11.0 Å². The van der Waals surface area contributed by atoms with E-state index in [0.29, 0.717) is 0 Å². The Morgan fingerprint density at radius 2 is 1.27 bits per heavy atom. The number of hydrogen-bond acceptors (Lipinski definition) is 0. The van der Waals surface area contributed by atoms with Crippen LogP contribution in [0.25, 0.3) is 0 Å². The molecule has 0 aromatic rings. The largest absolute Gasteiger partial charge is 0.118 e. The summed E-state index contributed by atoms with van der Waals surface area (Å²) in [6.07, 6.45) is 0. The first-order chi connectivity index (χ1) is 6.59. The molecule has 0 bridgehead atoms. The highest BCUT2D eigenvalue weighted by atomic mass is 14.2. The van der Waals surface area contributed by atoms with Crippen molar-refractivity contribution in [3.63, 3.8) is 0 Å². The van der Waals surface area contributed by atoms with Crippen LogP contribution in [0.5, 0.6) is 0 Å². The van der Waals surface area contributed by atoms with Gasteiger partial charge >= 0.3 is 0 Å². The summed E-state index contributed by atoms with van der Waals surface area (Å²) in [6, 6.07) is 0. The van der Waals surface area contributed by atoms with Crippen molar-refractivity contribution in [1.29, 1.82) is 0 Å². The molecule has 0 atom stereocenters. The molecule has 1 heteroatoms. The molecule has 0 aliphatic heterocycles. The molecule has 0 saturated carbocycles. The zero-order valence-corrected chi connectivity index (χ0v) is 11.3. The van der Waals surface area contributed by atoms with Gasteiger partial charge < -0.3 is 0 Å². The maximum Gasteiger partial charge on any atom is 0.107 e. The zero-order valence-electron chi connectivity index (χ0n) is 11.3. The van der Waals surface area contributed by atoms with Gasteiger partial charge in [-0.1, -0.05) is 39.8 Å². The molecule has 0 rings (SSSR count). The highest BCUT2D eigenvalue weighted by Crippen LogP contribution is 2.32. The van der Waals surface area contributed by atoms with Crippen LogP contribution in [-0.4, -0.2) is 7.85 Å². The molecule has 0 amide bonds. The second-order valence-electron chi connectivity index (χ2n) is 5.29. The smallest absolute Gasteiger partial charge is 0.107 e. The number of hydrogen-bond donors (Lipinski definition) is 0. The normalized spacial score (nSPS) is 15.7. The lowest BCUT2D eigenvalue weighted by molar-refractivity contribution is 0.511. The monoisotopic (exact) mass is 202 g/mol. The minimum Gasteiger partial charge on any atom is -0.118 e. The van der Waals surface area contributed by atoms with Crippen LogP contribution in [0, 0.1) is 5.41 Å². The van der Waals surface area contributed by atoms with E-state index >= 15 is 0 Å². The van der Waals surface area contributed by atoms with Gasteiger partial charge in [-0.3, -0.25) is 0 Å². The van der Waals surface area contributed by atoms with Gasteiger partial charge in [0, 0.05) is 0 Å². The Kier molecular flexibility index (Phi) is 4.64. The Bertz CT molecular complexity index is 318. The minimum atomic E-state index is 0.119. The Hall–Kier alpha value is -0.715. The molecule has 0 spiro atoms. The van der Waals surface area contributed by atoms with Crippen LogP contribution in [0.3, 0.4) is 0 Å². The molecule has 15 heavy (non-hydrogen) atoms. The van der Waals surface area contributed by atoms with Crippen molar-refractivity contribution in [2.75, 3.05) is 0 Å². The van der Waals surface area contributed by atoms with Gasteiger partial charge in [0.2, 0.25) is 0 Å². The SMILES string of the molecule is [B]/C(C)=C(C)/C(C)=C(/C)C(=C)C(C)(C)C. The van der Waals surface area contributed by atoms with Gasteiger partial charge in [-0.15, -0.1) is 5.47 Å². The van der Waals surface area contributed by atoms with Crippen molar-refractivity contribution in [2.45, 2.75) is 48.5 Å². The summed E-state index contributed by atoms with van der Waals surface area (Å²) in [5.41, 5.74) is 5.85. The molecule has 0 aromatic carbocycles. The van der Waals surface area contributed by atoms with Crippen LogP contribution in [0.15, 0.2) is 34.3 Å². The van der Waals surface area contributed by atoms with E-state index in [9.17, 15) is 0 Å². The summed E-state index contributed by atoms with van der Waals surface area (Å²) in [5, 5.41) is 0. The fourth-order valence-corrected chi connectivity index (χ4v) is 1.37. The fraction of sp³-hybridized carbons (Fsp3) is 0.571. The quantitative estimate of drug-likeness (QED) is 0.460. The summed E-state index contributed by atoms with van der Waals surface area (Å²) in [5.74, 6) is 0. The highest BCUT2D eigenvalue weighted by molar-refractivity contribution is 6.21. The molecule has 0 saturated heterocycles. The highest BCUT2D eigenvalue weighted by Gasteiger charge is 2.17. The van der Waals surface area contributed by atoms with E-state index in [1.807, 2.05) is 6.92 Å². The first kappa shape index (κ1) is 14.3. The third-order valence-corrected chi connectivity index (χ3v) is 3.07. The van der Waals surface area contributed by atoms with Gasteiger partial charge in [0.1, 0.15) is 7.85 Å². The molecule has 82 valence electrons. The molecule has 0 aromatic heterocycles. The number of rotatable bonds is 2. The lowest BCUT2D eigenvalue weighted by Gasteiger charge is -2.24. The molecule has 0 unspecified atom stereocenters. The van der Waals surface area contributed by atoms with Crippen molar-refractivity contribution in [2.24, 2.45) is 5.41 Å². The Morgan fingerprint density at radius 1 is 0.867 bits per heavy atom. The third-order valence-electron chi connectivity index (χ3n) is 3.07. The van der Waals surface area contributed by atoms with Gasteiger partial charge in [-0.05, 0) is 42.9 Å². The molecule has 0 N–H and O–H groups in total. The summed E-state index contributed by atoms with van der Waals surface area (Å²) < 4.78 is 0. The number of allylic oxidation sites excluding steroid dienone is 5. The van der Waals surface area contributed by atoms with E-state index < -0.39 is 0 Å². The Labute approximate surface area is 96.6 Å². The van der Waals surface area contributed by atoms with Gasteiger partial charge in [0.15, 0.2) is 0 Å². The van der Waals surface area contributed by atoms with Crippen LogP contribution in [0.4, 0.5) is 0 Å². The second-order valence-corrected chi connectivity index (χ2v) is 5.29. The van der Waals surface area contributed by atoms with Gasteiger partial charge in [-0.25, -0.2) is 0 Å². The predicted molar refractivity (Wildman–Crippen MR) is 71.1 cm³/mol. The average molecular weight is 202 g/mol. The molecular weight excluding hydrogens is 179 g/mol. The van der Waals surface area contributed by atoms with Crippen molar-refractivity contribution in [3.8, 4) is 0 Å². The fourth-order valence-electron chi connectivity index (χ4n) is 1.37. The zero-order chi connectivity index (χ0) is 12.4. The van der Waals surface area contributed by atoms with Crippen LogP contribution >= 0.6 is 0 Å². The molecule has 0 aliphatic rings. The van der Waals surface area contributed by atoms with Gasteiger partial charge in [-0.2, -0.15) is 0 Å². The van der Waals surface area contributed by atoms with E-state index in [2.05, 4.69) is 48.1 Å². The summed E-state index contributed by atoms with van der Waals surface area (Å²) >= 11 is 0. The van der Waals surface area contributed by atoms with Crippen molar-refractivity contribution >= 4 is 7.85 Å². The standard InChI is InChI=1S/C14H23B/c1-9(11(3)13(5)15)10(2)12(4)14(6,7)8/h4H2,1-3,5-8H3/b10-9-,13-11+. The lowest BCUT2D eigenvalue weighted by atomic mass is 9.80. The maximum absolute atomic E-state index is 5.80. The molecule has 0 fully saturated rings. The van der Waals surface area contributed by atoms with E-state index in [1.165, 1.54) is 16.7 Å². The lowest BCUT2D eigenvalue weighted by Crippen LogP contribution is -2.10. The Morgan fingerprint density at radius 3 is 1.53 bits per heavy atom. The predicted octanol–water partition coefficient (Wildman–Crippen LogP) is 4.39. The summed E-state index contributed by atoms with van der Waals surface area (Å²) in [7, 11) is 5.80. The molecule has 0 aliphatic carbocycles. The van der Waals surface area contributed by atoms with Crippen LogP contribution in [0.1, 0.15) is 48.5 Å². The Balaban J connectivity index is 5.32. The first-order valence-electron chi connectivity index (χ1n) is 5.39. The topological polar surface area (TPSA) is 0 Å². The van der Waals surface area contributed by atoms with Crippen LogP contribution in [0.2, 0.25) is 0 Å². The van der Waals surface area contributed by atoms with E-state index in [-0.39, 0.29) is 5.41 Å². The van der Waals surface area contributed by atoms with E-state index in [4.69, 9.17) is 7.85 Å². The molecule has 2 radical (unpaired) electrons. The second kappa shape index (κ2) is 4.87. The van der Waals surface area contributed by atoms with Gasteiger partial charge in [0.25, 0.3) is 0 Å². The molecule has 0 nitrogen and oxygen atoms in total.